The van der Waals surface area contributed by atoms with Crippen LogP contribution >= 0.6 is 0 Å². The molecule has 2 aliphatic rings. The second-order valence-corrected chi connectivity index (χ2v) is 3.82. The number of hydrogen-bond donors (Lipinski definition) is 0. The molecular weight excluding hydrogens is 228 g/mol. The number of ether oxygens (including phenoxy) is 6. The summed E-state index contributed by atoms with van der Waals surface area (Å²) in [4.78, 5) is 0. The Bertz CT molecular complexity index is 267. The third-order valence-corrected chi connectivity index (χ3v) is 2.70. The number of hydrogen-bond acceptors (Lipinski definition) is 6. The molecule has 98 valence electrons. The van der Waals surface area contributed by atoms with Crippen molar-refractivity contribution in [3.05, 3.63) is 11.8 Å². The highest BCUT2D eigenvalue weighted by Crippen LogP contribution is 2.29. The lowest BCUT2D eigenvalue weighted by Crippen LogP contribution is -2.39. The maximum absolute atomic E-state index is 5.62. The van der Waals surface area contributed by atoms with E-state index in [0.717, 1.165) is 5.76 Å². The van der Waals surface area contributed by atoms with Gasteiger partial charge < -0.3 is 28.4 Å². The monoisotopic (exact) mass is 246 g/mol. The molecule has 0 spiro atoms. The highest BCUT2D eigenvalue weighted by molar-refractivity contribution is 5.11. The average molecular weight is 246 g/mol. The molecule has 2 rings (SSSR count). The minimum absolute atomic E-state index is 0.116. The highest BCUT2D eigenvalue weighted by Gasteiger charge is 2.43. The lowest BCUT2D eigenvalue weighted by Gasteiger charge is -2.28. The molecule has 2 aliphatic heterocycles. The van der Waals surface area contributed by atoms with E-state index < -0.39 is 0 Å². The van der Waals surface area contributed by atoms with Crippen LogP contribution in [0, 0.1) is 0 Å². The van der Waals surface area contributed by atoms with Crippen molar-refractivity contribution in [1.82, 2.24) is 0 Å². The molecule has 0 amide bonds. The Labute approximate surface area is 100 Å². The van der Waals surface area contributed by atoms with Gasteiger partial charge in [-0.2, -0.15) is 0 Å². The van der Waals surface area contributed by atoms with E-state index in [1.165, 1.54) is 0 Å². The molecule has 0 saturated carbocycles. The smallest absolute Gasteiger partial charge is 0.188 e. The first-order valence-electron chi connectivity index (χ1n) is 5.52. The molecule has 2 heterocycles. The molecule has 0 aromatic heterocycles. The second-order valence-electron chi connectivity index (χ2n) is 3.82. The first-order chi connectivity index (χ1) is 8.36. The number of fused-ring (bicyclic) bond motifs is 1. The van der Waals surface area contributed by atoms with E-state index in [-0.39, 0.29) is 31.9 Å². The van der Waals surface area contributed by atoms with Gasteiger partial charge in [0.2, 0.25) is 0 Å². The van der Waals surface area contributed by atoms with Crippen LogP contribution < -0.4 is 0 Å². The van der Waals surface area contributed by atoms with Gasteiger partial charge in [-0.05, 0) is 6.08 Å². The minimum atomic E-state index is -0.208. The summed E-state index contributed by atoms with van der Waals surface area (Å²) in [5, 5.41) is 0. The Morgan fingerprint density at radius 3 is 2.82 bits per heavy atom. The standard InChI is InChI=1S/C11H18O6/c1-12-6-16-8-3-4-14-11-9(17-7-13-2)5-15-10(8)11/h3,9-11H,4-7H2,1-2H3/t9-,10-,11-/m1/s1. The number of methoxy groups -OCH3 is 2. The Hall–Kier alpha value is -0.660. The van der Waals surface area contributed by atoms with Gasteiger partial charge in [-0.1, -0.05) is 0 Å². The summed E-state index contributed by atoms with van der Waals surface area (Å²) >= 11 is 0. The van der Waals surface area contributed by atoms with Gasteiger partial charge in [0.25, 0.3) is 0 Å². The first kappa shape index (κ1) is 12.8. The summed E-state index contributed by atoms with van der Waals surface area (Å²) in [6.07, 6.45) is 1.40. The van der Waals surface area contributed by atoms with Crippen molar-refractivity contribution in [2.75, 3.05) is 41.0 Å². The van der Waals surface area contributed by atoms with Crippen LogP contribution in [0.3, 0.4) is 0 Å². The summed E-state index contributed by atoms with van der Waals surface area (Å²) in [5.74, 6) is 0.756. The SMILES string of the molecule is COCOC1=CCO[C@H]2[C@@H]1OC[C@H]2OCOC. The van der Waals surface area contributed by atoms with Gasteiger partial charge in [-0.25, -0.2) is 0 Å². The van der Waals surface area contributed by atoms with Crippen LogP contribution in [0.4, 0.5) is 0 Å². The van der Waals surface area contributed by atoms with Crippen LogP contribution in [-0.4, -0.2) is 59.3 Å². The van der Waals surface area contributed by atoms with Crippen molar-refractivity contribution < 1.29 is 28.4 Å². The van der Waals surface area contributed by atoms with Crippen molar-refractivity contribution in [3.8, 4) is 0 Å². The van der Waals surface area contributed by atoms with Gasteiger partial charge in [0.1, 0.15) is 30.9 Å². The van der Waals surface area contributed by atoms with E-state index in [1.54, 1.807) is 14.2 Å². The predicted octanol–water partition coefficient (Wildman–Crippen LogP) is 0.277. The lowest BCUT2D eigenvalue weighted by molar-refractivity contribution is -0.118. The fourth-order valence-electron chi connectivity index (χ4n) is 1.95. The summed E-state index contributed by atoms with van der Waals surface area (Å²) in [7, 11) is 3.17. The van der Waals surface area contributed by atoms with E-state index in [0.29, 0.717) is 13.2 Å². The Morgan fingerprint density at radius 1 is 1.24 bits per heavy atom. The molecule has 0 radical (unpaired) electrons. The maximum Gasteiger partial charge on any atom is 0.188 e. The molecule has 6 heteroatoms. The molecule has 0 aromatic carbocycles. The molecule has 6 nitrogen and oxygen atoms in total. The molecule has 3 atom stereocenters. The van der Waals surface area contributed by atoms with E-state index in [9.17, 15) is 0 Å². The minimum Gasteiger partial charge on any atom is -0.469 e. The summed E-state index contributed by atoms with van der Waals surface area (Å²) in [6, 6.07) is 0. The van der Waals surface area contributed by atoms with Crippen molar-refractivity contribution in [1.29, 1.82) is 0 Å². The van der Waals surface area contributed by atoms with Crippen LogP contribution in [0.25, 0.3) is 0 Å². The third-order valence-electron chi connectivity index (χ3n) is 2.70. The van der Waals surface area contributed by atoms with Crippen molar-refractivity contribution >= 4 is 0 Å². The topological polar surface area (TPSA) is 55.4 Å². The lowest BCUT2D eigenvalue weighted by atomic mass is 10.1. The van der Waals surface area contributed by atoms with Gasteiger partial charge in [-0.15, -0.1) is 0 Å². The number of rotatable bonds is 6. The average Bonchev–Trinajstić information content (AvgIpc) is 2.77. The van der Waals surface area contributed by atoms with Gasteiger partial charge in [0.05, 0.1) is 13.2 Å². The third kappa shape index (κ3) is 2.97. The molecule has 1 fully saturated rings. The molecule has 0 bridgehead atoms. The van der Waals surface area contributed by atoms with Gasteiger partial charge in [-0.3, -0.25) is 0 Å². The fraction of sp³-hybridized carbons (Fsp3) is 0.818. The molecule has 0 aromatic rings. The quantitative estimate of drug-likeness (QED) is 0.627. The zero-order valence-corrected chi connectivity index (χ0v) is 10.1. The van der Waals surface area contributed by atoms with Gasteiger partial charge in [0.15, 0.2) is 6.79 Å². The Balaban J connectivity index is 1.91. The van der Waals surface area contributed by atoms with Crippen LogP contribution in [-0.2, 0) is 28.4 Å². The maximum atomic E-state index is 5.62. The van der Waals surface area contributed by atoms with E-state index in [4.69, 9.17) is 28.4 Å². The molecule has 0 N–H and O–H groups in total. The Kier molecular flexibility index (Phi) is 4.75. The second kappa shape index (κ2) is 6.32. The highest BCUT2D eigenvalue weighted by atomic mass is 16.7. The molecule has 17 heavy (non-hydrogen) atoms. The summed E-state index contributed by atoms with van der Waals surface area (Å²) in [6.45, 7) is 1.42. The van der Waals surface area contributed by atoms with Crippen LogP contribution in [0.1, 0.15) is 0 Å². The van der Waals surface area contributed by atoms with E-state index in [2.05, 4.69) is 0 Å². The van der Waals surface area contributed by atoms with Crippen molar-refractivity contribution in [2.24, 2.45) is 0 Å². The van der Waals surface area contributed by atoms with Crippen LogP contribution in [0.15, 0.2) is 11.8 Å². The summed E-state index contributed by atoms with van der Waals surface area (Å²) < 4.78 is 31.9. The van der Waals surface area contributed by atoms with E-state index in [1.807, 2.05) is 6.08 Å². The van der Waals surface area contributed by atoms with Crippen LogP contribution in [0.5, 0.6) is 0 Å². The Morgan fingerprint density at radius 2 is 2.06 bits per heavy atom. The predicted molar refractivity (Wildman–Crippen MR) is 57.3 cm³/mol. The zero-order valence-electron chi connectivity index (χ0n) is 10.1. The normalized spacial score (nSPS) is 32.1. The summed E-state index contributed by atoms with van der Waals surface area (Å²) in [5.41, 5.74) is 0. The fourth-order valence-corrected chi connectivity index (χ4v) is 1.95. The zero-order chi connectivity index (χ0) is 12.1. The van der Waals surface area contributed by atoms with Crippen molar-refractivity contribution in [2.45, 2.75) is 18.3 Å². The largest absolute Gasteiger partial charge is 0.469 e. The first-order valence-corrected chi connectivity index (χ1v) is 5.52. The van der Waals surface area contributed by atoms with Crippen molar-refractivity contribution in [3.63, 3.8) is 0 Å². The molecular formula is C11H18O6. The molecule has 0 aliphatic carbocycles. The van der Waals surface area contributed by atoms with Crippen LogP contribution in [0.2, 0.25) is 0 Å². The molecule has 0 unspecified atom stereocenters. The van der Waals surface area contributed by atoms with Gasteiger partial charge >= 0.3 is 0 Å². The van der Waals surface area contributed by atoms with Gasteiger partial charge in [0, 0.05) is 14.2 Å². The van der Waals surface area contributed by atoms with E-state index >= 15 is 0 Å². The molecule has 1 saturated heterocycles.